The maximum atomic E-state index is 13.3. The van der Waals surface area contributed by atoms with Crippen molar-refractivity contribution in [2.75, 3.05) is 12.0 Å². The molecule has 4 rings (SSSR count). The molecule has 6 nitrogen and oxygen atoms in total. The van der Waals surface area contributed by atoms with Gasteiger partial charge in [-0.25, -0.2) is 0 Å². The van der Waals surface area contributed by atoms with Gasteiger partial charge in [0.25, 0.3) is 11.5 Å². The summed E-state index contributed by atoms with van der Waals surface area (Å²) < 4.78 is 5.29. The van der Waals surface area contributed by atoms with Gasteiger partial charge in [0.15, 0.2) is 0 Å². The predicted molar refractivity (Wildman–Crippen MR) is 117 cm³/mol. The molecule has 0 aliphatic carbocycles. The SMILES string of the molecule is COc1ccc2[nH]c(=O)c(CN(C(=O)c3ccncc3)c3ccccc3C)cc2c1. The molecule has 0 saturated carbocycles. The van der Waals surface area contributed by atoms with E-state index in [9.17, 15) is 9.59 Å². The van der Waals surface area contributed by atoms with Crippen molar-refractivity contribution in [1.82, 2.24) is 9.97 Å². The van der Waals surface area contributed by atoms with E-state index in [4.69, 9.17) is 4.74 Å². The Morgan fingerprint density at radius 1 is 1.07 bits per heavy atom. The molecule has 6 heteroatoms. The lowest BCUT2D eigenvalue weighted by Gasteiger charge is -2.24. The number of rotatable bonds is 5. The predicted octanol–water partition coefficient (Wildman–Crippen LogP) is 4.09. The van der Waals surface area contributed by atoms with Crippen LogP contribution in [0.15, 0.2) is 77.9 Å². The summed E-state index contributed by atoms with van der Waals surface area (Å²) >= 11 is 0. The lowest BCUT2D eigenvalue weighted by atomic mass is 10.1. The highest BCUT2D eigenvalue weighted by Crippen LogP contribution is 2.25. The van der Waals surface area contributed by atoms with Crippen molar-refractivity contribution < 1.29 is 9.53 Å². The zero-order valence-electron chi connectivity index (χ0n) is 16.8. The zero-order valence-corrected chi connectivity index (χ0v) is 16.8. The van der Waals surface area contributed by atoms with Gasteiger partial charge in [0.1, 0.15) is 5.75 Å². The minimum absolute atomic E-state index is 0.133. The number of nitrogens with zero attached hydrogens (tertiary/aromatic N) is 2. The van der Waals surface area contributed by atoms with E-state index in [0.29, 0.717) is 22.4 Å². The Morgan fingerprint density at radius 3 is 2.57 bits per heavy atom. The van der Waals surface area contributed by atoms with Gasteiger partial charge in [0.05, 0.1) is 13.7 Å². The van der Waals surface area contributed by atoms with Gasteiger partial charge in [-0.2, -0.15) is 0 Å². The van der Waals surface area contributed by atoms with Gasteiger partial charge in [-0.15, -0.1) is 0 Å². The van der Waals surface area contributed by atoms with Crippen molar-refractivity contribution in [1.29, 1.82) is 0 Å². The number of hydrogen-bond donors (Lipinski definition) is 1. The van der Waals surface area contributed by atoms with Gasteiger partial charge in [-0.1, -0.05) is 18.2 Å². The number of carbonyl (C=O) groups excluding carboxylic acids is 1. The number of amides is 1. The molecule has 1 N–H and O–H groups in total. The van der Waals surface area contributed by atoms with Crippen LogP contribution in [-0.4, -0.2) is 23.0 Å². The highest BCUT2D eigenvalue weighted by molar-refractivity contribution is 6.06. The van der Waals surface area contributed by atoms with Crippen molar-refractivity contribution in [2.45, 2.75) is 13.5 Å². The summed E-state index contributed by atoms with van der Waals surface area (Å²) in [5.74, 6) is 0.501. The van der Waals surface area contributed by atoms with Gasteiger partial charge < -0.3 is 14.6 Å². The fourth-order valence-electron chi connectivity index (χ4n) is 3.43. The Hall–Kier alpha value is -3.93. The number of pyridine rings is 2. The molecular weight excluding hydrogens is 378 g/mol. The second-order valence-corrected chi connectivity index (χ2v) is 6.99. The third kappa shape index (κ3) is 3.80. The summed E-state index contributed by atoms with van der Waals surface area (Å²) in [6.07, 6.45) is 3.16. The molecule has 0 bridgehead atoms. The number of hydrogen-bond acceptors (Lipinski definition) is 4. The molecule has 0 unspecified atom stereocenters. The van der Waals surface area contributed by atoms with Gasteiger partial charge in [0, 0.05) is 40.1 Å². The first-order valence-electron chi connectivity index (χ1n) is 9.54. The molecule has 0 spiro atoms. The molecule has 0 radical (unpaired) electrons. The number of aromatic nitrogens is 2. The highest BCUT2D eigenvalue weighted by atomic mass is 16.5. The van der Waals surface area contributed by atoms with Crippen LogP contribution in [0, 0.1) is 6.92 Å². The van der Waals surface area contributed by atoms with Crippen molar-refractivity contribution in [3.05, 3.63) is 100 Å². The summed E-state index contributed by atoms with van der Waals surface area (Å²) in [4.78, 5) is 34.6. The number of nitrogens with one attached hydrogen (secondary N) is 1. The number of benzene rings is 2. The van der Waals surface area contributed by atoms with Crippen LogP contribution in [0.2, 0.25) is 0 Å². The third-order valence-corrected chi connectivity index (χ3v) is 5.04. The van der Waals surface area contributed by atoms with Crippen LogP contribution in [0.1, 0.15) is 21.5 Å². The summed E-state index contributed by atoms with van der Waals surface area (Å²) in [6.45, 7) is 2.08. The van der Waals surface area contributed by atoms with Crippen LogP contribution in [0.4, 0.5) is 5.69 Å². The van der Waals surface area contributed by atoms with E-state index in [-0.39, 0.29) is 18.0 Å². The first-order chi connectivity index (χ1) is 14.6. The number of aryl methyl sites for hydroxylation is 1. The van der Waals surface area contributed by atoms with Gasteiger partial charge in [0.2, 0.25) is 0 Å². The Balaban J connectivity index is 1.80. The molecule has 1 amide bonds. The van der Waals surface area contributed by atoms with Crippen LogP contribution in [0.5, 0.6) is 5.75 Å². The van der Waals surface area contributed by atoms with E-state index < -0.39 is 0 Å². The van der Waals surface area contributed by atoms with E-state index in [1.807, 2.05) is 43.3 Å². The number of methoxy groups -OCH3 is 1. The maximum Gasteiger partial charge on any atom is 0.258 e. The molecule has 0 aliphatic rings. The average Bonchev–Trinajstić information content (AvgIpc) is 2.78. The summed E-state index contributed by atoms with van der Waals surface area (Å²) in [5.41, 5.74) is 3.18. The van der Waals surface area contributed by atoms with Gasteiger partial charge in [-0.3, -0.25) is 14.6 Å². The fraction of sp³-hybridized carbons (Fsp3) is 0.125. The van der Waals surface area contributed by atoms with Gasteiger partial charge >= 0.3 is 0 Å². The largest absolute Gasteiger partial charge is 0.497 e. The normalized spacial score (nSPS) is 10.7. The van der Waals surface area contributed by atoms with E-state index in [0.717, 1.165) is 16.6 Å². The molecule has 150 valence electrons. The minimum atomic E-state index is -0.228. The topological polar surface area (TPSA) is 75.3 Å². The van der Waals surface area contributed by atoms with Crippen molar-refractivity contribution >= 4 is 22.5 Å². The molecule has 0 atom stereocenters. The molecule has 2 aromatic heterocycles. The van der Waals surface area contributed by atoms with Crippen LogP contribution >= 0.6 is 0 Å². The lowest BCUT2D eigenvalue weighted by Crippen LogP contribution is -2.33. The molecule has 0 saturated heterocycles. The number of aromatic amines is 1. The summed E-state index contributed by atoms with van der Waals surface area (Å²) in [6, 6.07) is 18.2. The molecule has 30 heavy (non-hydrogen) atoms. The van der Waals surface area contributed by atoms with Crippen molar-refractivity contribution in [3.63, 3.8) is 0 Å². The second-order valence-electron chi connectivity index (χ2n) is 6.99. The Labute approximate surface area is 173 Å². The van der Waals surface area contributed by atoms with Crippen molar-refractivity contribution in [3.8, 4) is 5.75 Å². The summed E-state index contributed by atoms with van der Waals surface area (Å²) in [7, 11) is 1.60. The molecule has 2 aromatic carbocycles. The zero-order chi connectivity index (χ0) is 21.1. The highest BCUT2D eigenvalue weighted by Gasteiger charge is 2.21. The molecule has 0 aliphatic heterocycles. The molecular formula is C24H21N3O3. The van der Waals surface area contributed by atoms with Crippen LogP contribution in [-0.2, 0) is 6.54 Å². The van der Waals surface area contributed by atoms with Crippen molar-refractivity contribution in [2.24, 2.45) is 0 Å². The number of ether oxygens (including phenoxy) is 1. The number of carbonyl (C=O) groups is 1. The molecule has 0 fully saturated rings. The molecule has 4 aromatic rings. The van der Waals surface area contributed by atoms with E-state index in [1.54, 1.807) is 48.7 Å². The van der Waals surface area contributed by atoms with Crippen LogP contribution in [0.3, 0.4) is 0 Å². The molecule has 2 heterocycles. The van der Waals surface area contributed by atoms with Crippen LogP contribution in [0.25, 0.3) is 10.9 Å². The maximum absolute atomic E-state index is 13.3. The quantitative estimate of drug-likeness (QED) is 0.549. The Kier molecular flexibility index (Phi) is 5.30. The first kappa shape index (κ1) is 19.4. The average molecular weight is 399 g/mol. The number of para-hydroxylation sites is 1. The first-order valence-corrected chi connectivity index (χ1v) is 9.54. The number of H-pyrrole nitrogens is 1. The number of fused-ring (bicyclic) bond motifs is 1. The third-order valence-electron chi connectivity index (χ3n) is 5.04. The second kappa shape index (κ2) is 8.21. The Morgan fingerprint density at radius 2 is 1.83 bits per heavy atom. The Bertz CT molecular complexity index is 1270. The smallest absolute Gasteiger partial charge is 0.258 e. The van der Waals surface area contributed by atoms with Gasteiger partial charge in [-0.05, 0) is 55.0 Å². The summed E-state index contributed by atoms with van der Waals surface area (Å²) in [5, 5.41) is 0.838. The lowest BCUT2D eigenvalue weighted by molar-refractivity contribution is 0.0985. The number of anilines is 1. The van der Waals surface area contributed by atoms with E-state index >= 15 is 0 Å². The fourth-order valence-corrected chi connectivity index (χ4v) is 3.43. The minimum Gasteiger partial charge on any atom is -0.497 e. The van der Waals surface area contributed by atoms with E-state index in [2.05, 4.69) is 9.97 Å². The van der Waals surface area contributed by atoms with E-state index in [1.165, 1.54) is 0 Å². The standard InChI is InChI=1S/C24H21N3O3/c1-16-5-3-4-6-22(16)27(24(29)17-9-11-25-12-10-17)15-19-13-18-14-20(30-2)7-8-21(18)26-23(19)28/h3-14H,15H2,1-2H3,(H,26,28). The van der Waals surface area contributed by atoms with Crippen LogP contribution < -0.4 is 15.2 Å². The monoisotopic (exact) mass is 399 g/mol.